The summed E-state index contributed by atoms with van der Waals surface area (Å²) >= 11 is 5.89. The quantitative estimate of drug-likeness (QED) is 0.709. The van der Waals surface area contributed by atoms with E-state index in [0.29, 0.717) is 6.54 Å². The third-order valence-corrected chi connectivity index (χ3v) is 4.52. The van der Waals surface area contributed by atoms with Gasteiger partial charge in [-0.15, -0.1) is 0 Å². The van der Waals surface area contributed by atoms with Crippen molar-refractivity contribution in [2.24, 2.45) is 5.92 Å². The maximum atomic E-state index is 12.0. The molecule has 0 fully saturated rings. The van der Waals surface area contributed by atoms with Gasteiger partial charge in [-0.1, -0.05) is 25.4 Å². The fourth-order valence-electron chi connectivity index (χ4n) is 1.52. The Morgan fingerprint density at radius 3 is 2.52 bits per heavy atom. The first-order chi connectivity index (χ1) is 10.7. The average molecular weight is 363 g/mol. The number of nitrogens with one attached hydrogen (secondary N) is 2. The van der Waals surface area contributed by atoms with E-state index in [1.165, 1.54) is 19.2 Å². The van der Waals surface area contributed by atoms with E-state index in [-0.39, 0.29) is 21.4 Å². The van der Waals surface area contributed by atoms with Gasteiger partial charge in [0.15, 0.2) is 6.61 Å². The molecule has 0 saturated heterocycles. The van der Waals surface area contributed by atoms with Gasteiger partial charge >= 0.3 is 5.97 Å². The molecule has 9 heteroatoms. The van der Waals surface area contributed by atoms with Crippen LogP contribution >= 0.6 is 11.6 Å². The topological polar surface area (TPSA) is 102 Å². The molecule has 0 unspecified atom stereocenters. The number of benzene rings is 1. The minimum absolute atomic E-state index is 0.0349. The van der Waals surface area contributed by atoms with Crippen molar-refractivity contribution in [1.82, 2.24) is 10.0 Å². The highest BCUT2D eigenvalue weighted by molar-refractivity contribution is 7.89. The van der Waals surface area contributed by atoms with E-state index in [1.54, 1.807) is 0 Å². The van der Waals surface area contributed by atoms with Crippen molar-refractivity contribution in [3.05, 3.63) is 28.8 Å². The molecule has 0 aliphatic rings. The SMILES string of the molecule is CNS(=O)(=O)c1ccc(Cl)c(C(=O)OCC(=O)NCC(C)C)c1. The number of carbonyl (C=O) groups excluding carboxylic acids is 2. The number of rotatable bonds is 7. The standard InChI is InChI=1S/C14H19ClN2O5S/c1-9(2)7-17-13(18)8-22-14(19)11-6-10(4-5-12(11)15)23(20,21)16-3/h4-6,9,16H,7-8H2,1-3H3,(H,17,18). The van der Waals surface area contributed by atoms with E-state index in [9.17, 15) is 18.0 Å². The van der Waals surface area contributed by atoms with Gasteiger partial charge in [0.25, 0.3) is 5.91 Å². The molecule has 1 rings (SSSR count). The molecule has 0 aliphatic heterocycles. The van der Waals surface area contributed by atoms with Gasteiger partial charge in [0.1, 0.15) is 0 Å². The molecule has 0 radical (unpaired) electrons. The van der Waals surface area contributed by atoms with Gasteiger partial charge in [0, 0.05) is 6.54 Å². The molecule has 0 saturated carbocycles. The normalized spacial score (nSPS) is 11.3. The van der Waals surface area contributed by atoms with Crippen LogP contribution in [0.4, 0.5) is 0 Å². The van der Waals surface area contributed by atoms with Gasteiger partial charge in [-0.25, -0.2) is 17.9 Å². The number of hydrogen-bond acceptors (Lipinski definition) is 5. The summed E-state index contributed by atoms with van der Waals surface area (Å²) in [7, 11) is -2.47. The lowest BCUT2D eigenvalue weighted by molar-refractivity contribution is -0.124. The molecule has 2 N–H and O–H groups in total. The summed E-state index contributed by atoms with van der Waals surface area (Å²) in [6, 6.07) is 3.64. The van der Waals surface area contributed by atoms with Crippen LogP contribution in [0.2, 0.25) is 5.02 Å². The van der Waals surface area contributed by atoms with E-state index < -0.39 is 28.5 Å². The van der Waals surface area contributed by atoms with Gasteiger partial charge in [-0.3, -0.25) is 4.79 Å². The molecule has 1 aromatic carbocycles. The van der Waals surface area contributed by atoms with Crippen LogP contribution in [-0.4, -0.2) is 40.5 Å². The van der Waals surface area contributed by atoms with Crippen LogP contribution in [0.3, 0.4) is 0 Å². The van der Waals surface area contributed by atoms with Crippen LogP contribution in [0.5, 0.6) is 0 Å². The first-order valence-electron chi connectivity index (χ1n) is 6.84. The number of amides is 1. The molecule has 23 heavy (non-hydrogen) atoms. The maximum Gasteiger partial charge on any atom is 0.340 e. The largest absolute Gasteiger partial charge is 0.452 e. The summed E-state index contributed by atoms with van der Waals surface area (Å²) in [5.41, 5.74) is -0.125. The average Bonchev–Trinajstić information content (AvgIpc) is 2.50. The number of sulfonamides is 1. The number of ether oxygens (including phenoxy) is 1. The second-order valence-corrected chi connectivity index (χ2v) is 7.42. The Hall–Kier alpha value is -1.64. The van der Waals surface area contributed by atoms with Gasteiger partial charge in [-0.2, -0.15) is 0 Å². The van der Waals surface area contributed by atoms with Crippen molar-refractivity contribution >= 4 is 33.5 Å². The highest BCUT2D eigenvalue weighted by Crippen LogP contribution is 2.21. The van der Waals surface area contributed by atoms with Crippen LogP contribution in [0.25, 0.3) is 0 Å². The zero-order valence-electron chi connectivity index (χ0n) is 13.1. The number of esters is 1. The van der Waals surface area contributed by atoms with Crippen molar-refractivity contribution < 1.29 is 22.7 Å². The van der Waals surface area contributed by atoms with Crippen LogP contribution in [-0.2, 0) is 19.6 Å². The molecular weight excluding hydrogens is 344 g/mol. The number of carbonyl (C=O) groups is 2. The Labute approximate surface area is 140 Å². The molecule has 1 amide bonds. The molecule has 0 aliphatic carbocycles. The molecule has 0 spiro atoms. The number of halogens is 1. The van der Waals surface area contributed by atoms with Gasteiger partial charge < -0.3 is 10.1 Å². The summed E-state index contributed by atoms with van der Waals surface area (Å²) in [5.74, 6) is -1.04. The van der Waals surface area contributed by atoms with Crippen LogP contribution in [0.1, 0.15) is 24.2 Å². The van der Waals surface area contributed by atoms with Crippen molar-refractivity contribution in [3.8, 4) is 0 Å². The lowest BCUT2D eigenvalue weighted by Gasteiger charge is -2.10. The van der Waals surface area contributed by atoms with E-state index in [0.717, 1.165) is 6.07 Å². The van der Waals surface area contributed by atoms with Crippen molar-refractivity contribution in [1.29, 1.82) is 0 Å². The van der Waals surface area contributed by atoms with E-state index in [4.69, 9.17) is 16.3 Å². The molecule has 1 aromatic rings. The highest BCUT2D eigenvalue weighted by Gasteiger charge is 2.19. The van der Waals surface area contributed by atoms with Gasteiger partial charge in [0.05, 0.1) is 15.5 Å². The summed E-state index contributed by atoms with van der Waals surface area (Å²) in [6.45, 7) is 3.86. The van der Waals surface area contributed by atoms with Crippen molar-refractivity contribution in [3.63, 3.8) is 0 Å². The Morgan fingerprint density at radius 2 is 1.96 bits per heavy atom. The van der Waals surface area contributed by atoms with Crippen molar-refractivity contribution in [2.75, 3.05) is 20.2 Å². The zero-order chi connectivity index (χ0) is 17.6. The fourth-order valence-corrected chi connectivity index (χ4v) is 2.47. The Kier molecular flexibility index (Phi) is 6.99. The van der Waals surface area contributed by atoms with Gasteiger partial charge in [-0.05, 0) is 31.2 Å². The van der Waals surface area contributed by atoms with Crippen LogP contribution < -0.4 is 10.0 Å². The monoisotopic (exact) mass is 362 g/mol. The minimum atomic E-state index is -3.72. The lowest BCUT2D eigenvalue weighted by Crippen LogP contribution is -2.31. The number of hydrogen-bond donors (Lipinski definition) is 2. The predicted octanol–water partition coefficient (Wildman–Crippen LogP) is 1.18. The molecule has 0 bridgehead atoms. The van der Waals surface area contributed by atoms with E-state index in [2.05, 4.69) is 10.0 Å². The maximum absolute atomic E-state index is 12.0. The highest BCUT2D eigenvalue weighted by atomic mass is 35.5. The molecule has 0 heterocycles. The lowest BCUT2D eigenvalue weighted by atomic mass is 10.2. The first-order valence-corrected chi connectivity index (χ1v) is 8.70. The predicted molar refractivity (Wildman–Crippen MR) is 85.8 cm³/mol. The Bertz CT molecular complexity index is 688. The minimum Gasteiger partial charge on any atom is -0.452 e. The molecule has 0 atom stereocenters. The van der Waals surface area contributed by atoms with Crippen molar-refractivity contribution in [2.45, 2.75) is 18.7 Å². The fraction of sp³-hybridized carbons (Fsp3) is 0.429. The summed E-state index contributed by atoms with van der Waals surface area (Å²) in [4.78, 5) is 23.4. The summed E-state index contributed by atoms with van der Waals surface area (Å²) in [5, 5.41) is 2.63. The second-order valence-electron chi connectivity index (χ2n) is 5.12. The third-order valence-electron chi connectivity index (χ3n) is 2.78. The zero-order valence-corrected chi connectivity index (χ0v) is 14.6. The van der Waals surface area contributed by atoms with Gasteiger partial charge in [0.2, 0.25) is 10.0 Å². The second kappa shape index (κ2) is 8.28. The van der Waals surface area contributed by atoms with E-state index in [1.807, 2.05) is 13.8 Å². The Balaban J connectivity index is 2.80. The van der Waals surface area contributed by atoms with Crippen LogP contribution in [0.15, 0.2) is 23.1 Å². The Morgan fingerprint density at radius 1 is 1.30 bits per heavy atom. The van der Waals surface area contributed by atoms with Crippen LogP contribution in [0, 0.1) is 5.92 Å². The molecule has 0 aromatic heterocycles. The third kappa shape index (κ3) is 5.81. The first kappa shape index (κ1) is 19.4. The molecule has 7 nitrogen and oxygen atoms in total. The van der Waals surface area contributed by atoms with E-state index >= 15 is 0 Å². The molecular formula is C14H19ClN2O5S. The molecule has 128 valence electrons. The smallest absolute Gasteiger partial charge is 0.340 e. The summed E-state index contributed by atoms with van der Waals surface area (Å²) < 4.78 is 30.5. The summed E-state index contributed by atoms with van der Waals surface area (Å²) in [6.07, 6.45) is 0.